The summed E-state index contributed by atoms with van der Waals surface area (Å²) in [4.78, 5) is 0. The highest BCUT2D eigenvalue weighted by Gasteiger charge is 2.37. The van der Waals surface area contributed by atoms with Crippen molar-refractivity contribution in [2.75, 3.05) is 0 Å². The first-order valence-corrected chi connectivity index (χ1v) is 8.76. The lowest BCUT2D eigenvalue weighted by atomic mass is 9.68. The van der Waals surface area contributed by atoms with Gasteiger partial charge in [-0.3, -0.25) is 0 Å². The van der Waals surface area contributed by atoms with Crippen LogP contribution in [0.1, 0.15) is 52.0 Å². The Morgan fingerprint density at radius 1 is 1.19 bits per heavy atom. The number of alkyl halides is 1. The van der Waals surface area contributed by atoms with E-state index in [4.69, 9.17) is 16.3 Å². The molecule has 0 N–H and O–H groups in total. The Kier molecular flexibility index (Phi) is 4.23. The molecule has 1 heterocycles. The number of para-hydroxylation sites is 1. The van der Waals surface area contributed by atoms with Crippen LogP contribution in [0, 0.1) is 17.3 Å². The van der Waals surface area contributed by atoms with Gasteiger partial charge in [0.1, 0.15) is 11.9 Å². The molecule has 0 aromatic heterocycles. The van der Waals surface area contributed by atoms with Gasteiger partial charge in [0.25, 0.3) is 0 Å². The van der Waals surface area contributed by atoms with Gasteiger partial charge < -0.3 is 4.74 Å². The van der Waals surface area contributed by atoms with E-state index in [1.165, 1.54) is 18.4 Å². The first-order valence-electron chi connectivity index (χ1n) is 8.32. The molecule has 3 rings (SSSR count). The molecule has 0 bridgehead atoms. The second-order valence-corrected chi connectivity index (χ2v) is 8.50. The molecule has 1 aromatic rings. The van der Waals surface area contributed by atoms with Gasteiger partial charge in [0.05, 0.1) is 0 Å². The molecule has 0 saturated heterocycles. The standard InChI is InChI=1S/C19H27ClO/c1-19(2,3)15-8-9-17(20)14(10-15)12-16-11-13-6-4-5-7-18(13)21-16/h4-7,14-17H,8-12H2,1-3H3. The van der Waals surface area contributed by atoms with Crippen LogP contribution in [0.2, 0.25) is 0 Å². The fourth-order valence-corrected chi connectivity index (χ4v) is 4.31. The Labute approximate surface area is 134 Å². The highest BCUT2D eigenvalue weighted by molar-refractivity contribution is 6.20. The summed E-state index contributed by atoms with van der Waals surface area (Å²) in [6.07, 6.45) is 6.18. The maximum absolute atomic E-state index is 6.63. The number of fused-ring (bicyclic) bond motifs is 1. The van der Waals surface area contributed by atoms with Gasteiger partial charge in [0.2, 0.25) is 0 Å². The highest BCUT2D eigenvalue weighted by atomic mass is 35.5. The van der Waals surface area contributed by atoms with E-state index in [2.05, 4.69) is 45.0 Å². The van der Waals surface area contributed by atoms with E-state index >= 15 is 0 Å². The molecule has 1 fully saturated rings. The van der Waals surface area contributed by atoms with Crippen LogP contribution in [-0.4, -0.2) is 11.5 Å². The average molecular weight is 307 g/mol. The van der Waals surface area contributed by atoms with E-state index in [1.54, 1.807) is 0 Å². The van der Waals surface area contributed by atoms with Crippen molar-refractivity contribution < 1.29 is 4.74 Å². The summed E-state index contributed by atoms with van der Waals surface area (Å²) in [6.45, 7) is 7.10. The summed E-state index contributed by atoms with van der Waals surface area (Å²) in [6, 6.07) is 8.44. The maximum Gasteiger partial charge on any atom is 0.123 e. The monoisotopic (exact) mass is 306 g/mol. The van der Waals surface area contributed by atoms with E-state index in [0.29, 0.717) is 22.8 Å². The van der Waals surface area contributed by atoms with Crippen LogP contribution in [0.15, 0.2) is 24.3 Å². The Hall–Kier alpha value is -0.690. The Bertz CT molecular complexity index is 466. The Balaban J connectivity index is 1.62. The molecule has 116 valence electrons. The maximum atomic E-state index is 6.63. The summed E-state index contributed by atoms with van der Waals surface area (Å²) in [5.74, 6) is 2.47. The lowest BCUT2D eigenvalue weighted by Crippen LogP contribution is -2.34. The van der Waals surface area contributed by atoms with Gasteiger partial charge >= 0.3 is 0 Å². The van der Waals surface area contributed by atoms with Crippen LogP contribution in [0.5, 0.6) is 5.75 Å². The minimum Gasteiger partial charge on any atom is -0.490 e. The number of rotatable bonds is 2. The van der Waals surface area contributed by atoms with Gasteiger partial charge in [0.15, 0.2) is 0 Å². The molecule has 1 aliphatic carbocycles. The van der Waals surface area contributed by atoms with Crippen molar-refractivity contribution in [1.29, 1.82) is 0 Å². The van der Waals surface area contributed by atoms with E-state index in [0.717, 1.165) is 30.9 Å². The molecular weight excluding hydrogens is 280 g/mol. The number of hydrogen-bond acceptors (Lipinski definition) is 1. The van der Waals surface area contributed by atoms with Crippen LogP contribution in [0.3, 0.4) is 0 Å². The molecule has 2 aliphatic rings. The van der Waals surface area contributed by atoms with Crippen LogP contribution in [-0.2, 0) is 6.42 Å². The number of benzene rings is 1. The molecule has 1 aromatic carbocycles. The lowest BCUT2D eigenvalue weighted by molar-refractivity contribution is 0.111. The predicted molar refractivity (Wildman–Crippen MR) is 89.1 cm³/mol. The van der Waals surface area contributed by atoms with E-state index in [-0.39, 0.29) is 0 Å². The van der Waals surface area contributed by atoms with Crippen molar-refractivity contribution in [3.05, 3.63) is 29.8 Å². The van der Waals surface area contributed by atoms with E-state index in [9.17, 15) is 0 Å². The van der Waals surface area contributed by atoms with Crippen LogP contribution < -0.4 is 4.74 Å². The average Bonchev–Trinajstić information content (AvgIpc) is 2.82. The smallest absolute Gasteiger partial charge is 0.123 e. The largest absolute Gasteiger partial charge is 0.490 e. The summed E-state index contributed by atoms with van der Waals surface area (Å²) < 4.78 is 6.12. The lowest BCUT2D eigenvalue weighted by Gasteiger charge is -2.40. The van der Waals surface area contributed by atoms with Crippen molar-refractivity contribution in [3.63, 3.8) is 0 Å². The second kappa shape index (κ2) is 5.83. The zero-order valence-corrected chi connectivity index (χ0v) is 14.2. The minimum atomic E-state index is 0.326. The molecule has 1 saturated carbocycles. The molecule has 4 unspecified atom stereocenters. The van der Waals surface area contributed by atoms with Crippen LogP contribution in [0.25, 0.3) is 0 Å². The molecular formula is C19H27ClO. The molecule has 21 heavy (non-hydrogen) atoms. The molecule has 4 atom stereocenters. The third-order valence-electron chi connectivity index (χ3n) is 5.39. The van der Waals surface area contributed by atoms with Gasteiger partial charge in [0, 0.05) is 11.8 Å². The first-order chi connectivity index (χ1) is 9.93. The molecule has 0 amide bonds. The van der Waals surface area contributed by atoms with Gasteiger partial charge in [-0.15, -0.1) is 11.6 Å². The summed E-state index contributed by atoms with van der Waals surface area (Å²) in [7, 11) is 0. The zero-order valence-electron chi connectivity index (χ0n) is 13.4. The highest BCUT2D eigenvalue weighted by Crippen LogP contribution is 2.44. The normalized spacial score (nSPS) is 32.6. The molecule has 0 spiro atoms. The molecule has 1 nitrogen and oxygen atoms in total. The van der Waals surface area contributed by atoms with Crippen molar-refractivity contribution in [1.82, 2.24) is 0 Å². The third-order valence-corrected chi connectivity index (χ3v) is 5.97. The van der Waals surface area contributed by atoms with E-state index < -0.39 is 0 Å². The van der Waals surface area contributed by atoms with Crippen molar-refractivity contribution in [2.24, 2.45) is 17.3 Å². The van der Waals surface area contributed by atoms with Gasteiger partial charge in [-0.25, -0.2) is 0 Å². The summed E-state index contributed by atoms with van der Waals surface area (Å²) in [5.41, 5.74) is 1.76. The van der Waals surface area contributed by atoms with Crippen LogP contribution in [0.4, 0.5) is 0 Å². The quantitative estimate of drug-likeness (QED) is 0.660. The zero-order chi connectivity index (χ0) is 15.0. The topological polar surface area (TPSA) is 9.23 Å². The Morgan fingerprint density at radius 3 is 2.67 bits per heavy atom. The Morgan fingerprint density at radius 2 is 1.95 bits per heavy atom. The summed E-state index contributed by atoms with van der Waals surface area (Å²) in [5, 5.41) is 0.330. The number of halogens is 1. The third kappa shape index (κ3) is 3.39. The van der Waals surface area contributed by atoms with Gasteiger partial charge in [-0.2, -0.15) is 0 Å². The first kappa shape index (κ1) is 15.2. The van der Waals surface area contributed by atoms with Crippen LogP contribution >= 0.6 is 11.6 Å². The number of ether oxygens (including phenoxy) is 1. The SMILES string of the molecule is CC(C)(C)C1CCC(Cl)C(CC2Cc3ccccc3O2)C1. The van der Waals surface area contributed by atoms with Crippen molar-refractivity contribution in [3.8, 4) is 5.75 Å². The van der Waals surface area contributed by atoms with Crippen molar-refractivity contribution >= 4 is 11.6 Å². The van der Waals surface area contributed by atoms with Gasteiger partial charge in [-0.05, 0) is 54.6 Å². The van der Waals surface area contributed by atoms with E-state index in [1.807, 2.05) is 0 Å². The predicted octanol–water partition coefficient (Wildman–Crippen LogP) is 5.45. The molecule has 0 radical (unpaired) electrons. The molecule has 2 heteroatoms. The minimum absolute atomic E-state index is 0.326. The second-order valence-electron chi connectivity index (χ2n) is 7.94. The van der Waals surface area contributed by atoms with Crippen molar-refractivity contribution in [2.45, 2.75) is 64.4 Å². The molecule has 1 aliphatic heterocycles. The fourth-order valence-electron chi connectivity index (χ4n) is 3.98. The van der Waals surface area contributed by atoms with Gasteiger partial charge in [-0.1, -0.05) is 39.0 Å². The summed E-state index contributed by atoms with van der Waals surface area (Å²) >= 11 is 6.63. The number of hydrogen-bond donors (Lipinski definition) is 0. The fraction of sp³-hybridized carbons (Fsp3) is 0.684.